The largest absolute Gasteiger partial charge is 0.302 e. The third-order valence-electron chi connectivity index (χ3n) is 3.45. The molecule has 1 saturated heterocycles. The van der Waals surface area contributed by atoms with Crippen LogP contribution in [0.2, 0.25) is 0 Å². The highest BCUT2D eigenvalue weighted by atomic mass is 16.2. The maximum absolute atomic E-state index is 11.7. The molecule has 21 heavy (non-hydrogen) atoms. The predicted octanol–water partition coefficient (Wildman–Crippen LogP) is 0.366. The lowest BCUT2D eigenvalue weighted by Crippen LogP contribution is -2.50. The minimum atomic E-state index is -0.348. The van der Waals surface area contributed by atoms with Crippen LogP contribution in [0.15, 0.2) is 30.7 Å². The third kappa shape index (κ3) is 2.97. The Morgan fingerprint density at radius 1 is 1.33 bits per heavy atom. The van der Waals surface area contributed by atoms with Crippen LogP contribution in [0.25, 0.3) is 11.3 Å². The van der Waals surface area contributed by atoms with Gasteiger partial charge in [-0.25, -0.2) is 0 Å². The molecule has 0 bridgehead atoms. The normalized spacial score (nSPS) is 18.6. The van der Waals surface area contributed by atoms with Gasteiger partial charge >= 0.3 is 0 Å². The summed E-state index contributed by atoms with van der Waals surface area (Å²) in [5, 5.41) is 12.5. The van der Waals surface area contributed by atoms with E-state index in [9.17, 15) is 9.59 Å². The number of hydrogen-bond donors (Lipinski definition) is 3. The maximum atomic E-state index is 11.7. The zero-order chi connectivity index (χ0) is 14.7. The number of nitrogens with zero attached hydrogens (tertiary/aromatic N) is 2. The zero-order valence-corrected chi connectivity index (χ0v) is 11.3. The third-order valence-corrected chi connectivity index (χ3v) is 3.45. The summed E-state index contributed by atoms with van der Waals surface area (Å²) in [6.45, 7) is 0.493. The number of nitrogens with one attached hydrogen (secondary N) is 3. The molecule has 1 aliphatic rings. The first-order valence-electron chi connectivity index (χ1n) is 6.74. The second-order valence-electron chi connectivity index (χ2n) is 4.90. The van der Waals surface area contributed by atoms with E-state index in [1.54, 1.807) is 18.6 Å². The lowest BCUT2D eigenvalue weighted by atomic mass is 10.1. The second-order valence-corrected chi connectivity index (χ2v) is 4.90. The van der Waals surface area contributed by atoms with E-state index >= 15 is 0 Å². The second kappa shape index (κ2) is 5.84. The number of hydrogen-bond acceptors (Lipinski definition) is 5. The number of carbonyl (C=O) groups is 2. The average Bonchev–Trinajstić information content (AvgIpc) is 2.96. The number of amides is 2. The molecule has 0 aromatic carbocycles. The number of imide groups is 1. The van der Waals surface area contributed by atoms with Crippen molar-refractivity contribution in [2.45, 2.75) is 25.4 Å². The minimum absolute atomic E-state index is 0.211. The van der Waals surface area contributed by atoms with Gasteiger partial charge in [-0.05, 0) is 18.6 Å². The number of aromatic amines is 1. The molecule has 0 aliphatic carbocycles. The van der Waals surface area contributed by atoms with Gasteiger partial charge in [0.1, 0.15) is 0 Å². The van der Waals surface area contributed by atoms with Gasteiger partial charge < -0.3 is 5.32 Å². The van der Waals surface area contributed by atoms with Gasteiger partial charge in [0.25, 0.3) is 0 Å². The molecule has 2 aromatic heterocycles. The number of carbonyl (C=O) groups excluding carboxylic acids is 2. The Labute approximate surface area is 121 Å². The van der Waals surface area contributed by atoms with Crippen molar-refractivity contribution in [1.82, 2.24) is 25.8 Å². The van der Waals surface area contributed by atoms with E-state index in [4.69, 9.17) is 0 Å². The summed E-state index contributed by atoms with van der Waals surface area (Å²) in [6, 6.07) is 3.45. The SMILES string of the molecule is O=C1CCC(NCc2cn[nH]c2-c2cccnc2)C(=O)N1. The molecule has 2 aromatic rings. The Bertz CT molecular complexity index is 652. The van der Waals surface area contributed by atoms with Gasteiger partial charge in [-0.1, -0.05) is 0 Å². The summed E-state index contributed by atoms with van der Waals surface area (Å²) >= 11 is 0. The van der Waals surface area contributed by atoms with E-state index in [1.165, 1.54) is 0 Å². The minimum Gasteiger partial charge on any atom is -0.302 e. The molecule has 3 rings (SSSR count). The summed E-state index contributed by atoms with van der Waals surface area (Å²) in [7, 11) is 0. The summed E-state index contributed by atoms with van der Waals surface area (Å²) in [5.74, 6) is -0.477. The molecule has 3 heterocycles. The van der Waals surface area contributed by atoms with E-state index in [1.807, 2.05) is 12.1 Å². The Morgan fingerprint density at radius 3 is 3.00 bits per heavy atom. The van der Waals surface area contributed by atoms with Gasteiger partial charge in [0.2, 0.25) is 11.8 Å². The summed E-state index contributed by atoms with van der Waals surface area (Å²) < 4.78 is 0. The fraction of sp³-hybridized carbons (Fsp3) is 0.286. The van der Waals surface area contributed by atoms with Gasteiger partial charge in [0.15, 0.2) is 0 Å². The van der Waals surface area contributed by atoms with Crippen LogP contribution in [-0.4, -0.2) is 33.0 Å². The van der Waals surface area contributed by atoms with Gasteiger partial charge in [0, 0.05) is 36.5 Å². The van der Waals surface area contributed by atoms with Crippen LogP contribution in [0.4, 0.5) is 0 Å². The number of rotatable bonds is 4. The lowest BCUT2D eigenvalue weighted by molar-refractivity contribution is -0.134. The molecule has 7 nitrogen and oxygen atoms in total. The van der Waals surface area contributed by atoms with Crippen LogP contribution in [0.5, 0.6) is 0 Å². The fourth-order valence-corrected chi connectivity index (χ4v) is 2.33. The van der Waals surface area contributed by atoms with Gasteiger partial charge in [0.05, 0.1) is 17.9 Å². The van der Waals surface area contributed by atoms with Crippen LogP contribution in [0, 0.1) is 0 Å². The van der Waals surface area contributed by atoms with Crippen molar-refractivity contribution < 1.29 is 9.59 Å². The number of piperidine rings is 1. The molecule has 3 N–H and O–H groups in total. The standard InChI is InChI=1S/C14H15N5O2/c20-12-4-3-11(14(21)18-12)16-7-10-8-17-19-13(10)9-2-1-5-15-6-9/h1-2,5-6,8,11,16H,3-4,7H2,(H,17,19)(H,18,20,21). The van der Waals surface area contributed by atoms with Crippen molar-refractivity contribution in [2.75, 3.05) is 0 Å². The molecular weight excluding hydrogens is 270 g/mol. The van der Waals surface area contributed by atoms with Crippen molar-refractivity contribution in [3.8, 4) is 11.3 Å². The van der Waals surface area contributed by atoms with Gasteiger partial charge in [-0.2, -0.15) is 5.10 Å². The molecule has 1 unspecified atom stereocenters. The average molecular weight is 285 g/mol. The Morgan fingerprint density at radius 2 is 2.24 bits per heavy atom. The van der Waals surface area contributed by atoms with Crippen LogP contribution in [-0.2, 0) is 16.1 Å². The molecule has 2 amide bonds. The van der Waals surface area contributed by atoms with Gasteiger partial charge in [-0.15, -0.1) is 0 Å². The Kier molecular flexibility index (Phi) is 3.74. The fourth-order valence-electron chi connectivity index (χ4n) is 2.33. The van der Waals surface area contributed by atoms with E-state index in [0.717, 1.165) is 16.8 Å². The van der Waals surface area contributed by atoms with E-state index in [-0.39, 0.29) is 17.9 Å². The molecule has 0 radical (unpaired) electrons. The first-order chi connectivity index (χ1) is 10.2. The molecule has 108 valence electrons. The van der Waals surface area contributed by atoms with Crippen molar-refractivity contribution in [3.05, 3.63) is 36.3 Å². The van der Waals surface area contributed by atoms with Crippen LogP contribution in [0.3, 0.4) is 0 Å². The highest BCUT2D eigenvalue weighted by molar-refractivity contribution is 6.00. The number of H-pyrrole nitrogens is 1. The van der Waals surface area contributed by atoms with E-state index in [0.29, 0.717) is 19.4 Å². The zero-order valence-electron chi connectivity index (χ0n) is 11.3. The maximum Gasteiger partial charge on any atom is 0.243 e. The smallest absolute Gasteiger partial charge is 0.243 e. The molecular formula is C14H15N5O2. The van der Waals surface area contributed by atoms with Crippen LogP contribution in [0.1, 0.15) is 18.4 Å². The number of aromatic nitrogens is 3. The van der Waals surface area contributed by atoms with Crippen molar-refractivity contribution in [1.29, 1.82) is 0 Å². The lowest BCUT2D eigenvalue weighted by Gasteiger charge is -2.21. The van der Waals surface area contributed by atoms with Crippen LogP contribution < -0.4 is 10.6 Å². The Hall–Kier alpha value is -2.54. The quantitative estimate of drug-likeness (QED) is 0.705. The van der Waals surface area contributed by atoms with Crippen molar-refractivity contribution >= 4 is 11.8 Å². The summed E-state index contributed by atoms with van der Waals surface area (Å²) in [4.78, 5) is 26.9. The molecule has 1 aliphatic heterocycles. The topological polar surface area (TPSA) is 99.8 Å². The highest BCUT2D eigenvalue weighted by Crippen LogP contribution is 2.20. The molecule has 1 fully saturated rings. The van der Waals surface area contributed by atoms with Crippen LogP contribution >= 0.6 is 0 Å². The number of pyridine rings is 1. The van der Waals surface area contributed by atoms with E-state index in [2.05, 4.69) is 25.8 Å². The monoisotopic (exact) mass is 285 g/mol. The van der Waals surface area contributed by atoms with E-state index < -0.39 is 0 Å². The Balaban J connectivity index is 1.68. The predicted molar refractivity (Wildman–Crippen MR) is 74.8 cm³/mol. The highest BCUT2D eigenvalue weighted by Gasteiger charge is 2.26. The molecule has 1 atom stereocenters. The molecule has 7 heteroatoms. The molecule has 0 saturated carbocycles. The first-order valence-corrected chi connectivity index (χ1v) is 6.74. The van der Waals surface area contributed by atoms with Crippen molar-refractivity contribution in [3.63, 3.8) is 0 Å². The first kappa shape index (κ1) is 13.4. The summed E-state index contributed by atoms with van der Waals surface area (Å²) in [6.07, 6.45) is 6.07. The van der Waals surface area contributed by atoms with Crippen molar-refractivity contribution in [2.24, 2.45) is 0 Å². The van der Waals surface area contributed by atoms with Gasteiger partial charge in [-0.3, -0.25) is 25.0 Å². The molecule has 0 spiro atoms. The summed E-state index contributed by atoms with van der Waals surface area (Å²) in [5.41, 5.74) is 2.77.